The van der Waals surface area contributed by atoms with Crippen LogP contribution in [0.2, 0.25) is 0 Å². The monoisotopic (exact) mass is 141 g/mol. The van der Waals surface area contributed by atoms with Gasteiger partial charge < -0.3 is 5.32 Å². The number of hydrogen-bond donors (Lipinski definition) is 1. The molecule has 0 aromatic carbocycles. The summed E-state index contributed by atoms with van der Waals surface area (Å²) in [4.78, 5) is 0. The lowest BCUT2D eigenvalue weighted by Gasteiger charge is -2.17. The van der Waals surface area contributed by atoms with Crippen LogP contribution in [0, 0.1) is 5.92 Å². The predicted octanol–water partition coefficient (Wildman–Crippen LogP) is 2.20. The fourth-order valence-electron chi connectivity index (χ4n) is 0.966. The largest absolute Gasteiger partial charge is 0.317 e. The Bertz CT molecular complexity index is 72.8. The molecular formula is C9H19N. The van der Waals surface area contributed by atoms with Gasteiger partial charge in [0.15, 0.2) is 0 Å². The minimum Gasteiger partial charge on any atom is -0.317 e. The van der Waals surface area contributed by atoms with E-state index in [1.807, 2.05) is 6.92 Å². The second-order valence-corrected chi connectivity index (χ2v) is 2.84. The molecule has 0 aliphatic carbocycles. The molecule has 10 heavy (non-hydrogen) atoms. The van der Waals surface area contributed by atoms with Crippen LogP contribution in [-0.2, 0) is 0 Å². The Hall–Kier alpha value is -0.300. The molecule has 1 rings (SSSR count). The zero-order chi connectivity index (χ0) is 7.82. The minimum absolute atomic E-state index is 0.973. The van der Waals surface area contributed by atoms with Crippen molar-refractivity contribution in [3.05, 3.63) is 12.7 Å². The fraction of sp³-hybridized carbons (Fsp3) is 0.778. The molecule has 0 bridgehead atoms. The van der Waals surface area contributed by atoms with E-state index in [0.29, 0.717) is 0 Å². The average molecular weight is 141 g/mol. The molecule has 1 aliphatic heterocycles. The molecule has 0 aromatic heterocycles. The lowest BCUT2D eigenvalue weighted by molar-refractivity contribution is 0.402. The highest BCUT2D eigenvalue weighted by molar-refractivity contribution is 4.62. The minimum atomic E-state index is 0.973. The fourth-order valence-corrected chi connectivity index (χ4v) is 0.966. The third kappa shape index (κ3) is 5.83. The van der Waals surface area contributed by atoms with Gasteiger partial charge in [0.1, 0.15) is 0 Å². The van der Waals surface area contributed by atoms with Gasteiger partial charge in [0.05, 0.1) is 0 Å². The molecule has 1 nitrogen and oxygen atoms in total. The van der Waals surface area contributed by atoms with Crippen molar-refractivity contribution in [2.24, 2.45) is 5.92 Å². The first-order valence-electron chi connectivity index (χ1n) is 4.09. The van der Waals surface area contributed by atoms with Crippen LogP contribution in [0.15, 0.2) is 12.7 Å². The molecule has 1 saturated heterocycles. The van der Waals surface area contributed by atoms with E-state index < -0.39 is 0 Å². The number of piperidine rings is 1. The van der Waals surface area contributed by atoms with E-state index >= 15 is 0 Å². The molecular weight excluding hydrogens is 122 g/mol. The average Bonchev–Trinajstić information content (AvgIpc) is 1.91. The van der Waals surface area contributed by atoms with E-state index in [1.54, 1.807) is 6.08 Å². The van der Waals surface area contributed by atoms with Crippen LogP contribution in [-0.4, -0.2) is 13.1 Å². The van der Waals surface area contributed by atoms with E-state index in [0.717, 1.165) is 5.92 Å². The Balaban J connectivity index is 0.000000236. The molecule has 0 unspecified atom stereocenters. The SMILES string of the molecule is C=CC.CC1CCNCC1. The van der Waals surface area contributed by atoms with Gasteiger partial charge in [-0.3, -0.25) is 0 Å². The summed E-state index contributed by atoms with van der Waals surface area (Å²) in [6, 6.07) is 0. The molecule has 1 heterocycles. The molecule has 0 spiro atoms. The molecule has 1 aliphatic rings. The van der Waals surface area contributed by atoms with Crippen LogP contribution in [0.25, 0.3) is 0 Å². The van der Waals surface area contributed by atoms with Gasteiger partial charge in [-0.05, 0) is 38.8 Å². The van der Waals surface area contributed by atoms with E-state index in [2.05, 4.69) is 18.8 Å². The summed E-state index contributed by atoms with van der Waals surface area (Å²) in [5.41, 5.74) is 0. The quantitative estimate of drug-likeness (QED) is 0.510. The highest BCUT2D eigenvalue weighted by Crippen LogP contribution is 2.08. The van der Waals surface area contributed by atoms with Gasteiger partial charge in [0.25, 0.3) is 0 Å². The first kappa shape index (κ1) is 9.70. The Morgan fingerprint density at radius 1 is 1.40 bits per heavy atom. The highest BCUT2D eigenvalue weighted by Gasteiger charge is 2.04. The number of hydrogen-bond acceptors (Lipinski definition) is 1. The van der Waals surface area contributed by atoms with Crippen LogP contribution < -0.4 is 5.32 Å². The molecule has 0 saturated carbocycles. The van der Waals surface area contributed by atoms with Crippen molar-refractivity contribution in [3.63, 3.8) is 0 Å². The van der Waals surface area contributed by atoms with Crippen LogP contribution in [0.1, 0.15) is 26.7 Å². The molecule has 0 atom stereocenters. The van der Waals surface area contributed by atoms with E-state index in [1.165, 1.54) is 25.9 Å². The van der Waals surface area contributed by atoms with Gasteiger partial charge >= 0.3 is 0 Å². The highest BCUT2D eigenvalue weighted by atomic mass is 14.9. The van der Waals surface area contributed by atoms with Gasteiger partial charge in [0.2, 0.25) is 0 Å². The summed E-state index contributed by atoms with van der Waals surface area (Å²) in [6.45, 7) is 10.0. The molecule has 60 valence electrons. The third-order valence-corrected chi connectivity index (χ3v) is 1.63. The summed E-state index contributed by atoms with van der Waals surface area (Å²) in [5, 5.41) is 3.32. The first-order valence-corrected chi connectivity index (χ1v) is 4.09. The van der Waals surface area contributed by atoms with Crippen molar-refractivity contribution in [1.29, 1.82) is 0 Å². The van der Waals surface area contributed by atoms with Crippen LogP contribution >= 0.6 is 0 Å². The van der Waals surface area contributed by atoms with Crippen LogP contribution in [0.4, 0.5) is 0 Å². The van der Waals surface area contributed by atoms with Gasteiger partial charge in [-0.25, -0.2) is 0 Å². The van der Waals surface area contributed by atoms with Crippen LogP contribution in [0.5, 0.6) is 0 Å². The van der Waals surface area contributed by atoms with Crippen molar-refractivity contribution in [2.45, 2.75) is 26.7 Å². The Kier molecular flexibility index (Phi) is 6.61. The molecule has 0 radical (unpaired) electrons. The summed E-state index contributed by atoms with van der Waals surface area (Å²) in [6.07, 6.45) is 4.50. The summed E-state index contributed by atoms with van der Waals surface area (Å²) in [5.74, 6) is 0.973. The number of allylic oxidation sites excluding steroid dienone is 1. The van der Waals surface area contributed by atoms with Crippen LogP contribution in [0.3, 0.4) is 0 Å². The first-order chi connectivity index (χ1) is 4.81. The second-order valence-electron chi connectivity index (χ2n) is 2.84. The van der Waals surface area contributed by atoms with E-state index in [4.69, 9.17) is 0 Å². The molecule has 1 N–H and O–H groups in total. The molecule has 0 aromatic rings. The van der Waals surface area contributed by atoms with E-state index in [-0.39, 0.29) is 0 Å². The van der Waals surface area contributed by atoms with Crippen molar-refractivity contribution in [2.75, 3.05) is 13.1 Å². The van der Waals surface area contributed by atoms with Gasteiger partial charge in [-0.1, -0.05) is 13.0 Å². The van der Waals surface area contributed by atoms with Gasteiger partial charge in [-0.15, -0.1) is 6.58 Å². The Labute approximate surface area is 64.5 Å². The predicted molar refractivity (Wildman–Crippen MR) is 47.1 cm³/mol. The lowest BCUT2D eigenvalue weighted by atomic mass is 10.0. The lowest BCUT2D eigenvalue weighted by Crippen LogP contribution is -2.26. The maximum absolute atomic E-state index is 3.36. The number of rotatable bonds is 0. The smallest absolute Gasteiger partial charge is 0.00464 e. The summed E-state index contributed by atoms with van der Waals surface area (Å²) < 4.78 is 0. The standard InChI is InChI=1S/C6H13N.C3H6/c1-6-2-4-7-5-3-6;1-3-2/h6-7H,2-5H2,1H3;3H,1H2,2H3. The Morgan fingerprint density at radius 3 is 2.00 bits per heavy atom. The zero-order valence-corrected chi connectivity index (χ0v) is 7.19. The van der Waals surface area contributed by atoms with Crippen molar-refractivity contribution in [1.82, 2.24) is 5.32 Å². The van der Waals surface area contributed by atoms with Crippen molar-refractivity contribution >= 4 is 0 Å². The topological polar surface area (TPSA) is 12.0 Å². The maximum Gasteiger partial charge on any atom is -0.00464 e. The molecule has 1 heteroatoms. The molecule has 0 amide bonds. The van der Waals surface area contributed by atoms with Gasteiger partial charge in [-0.2, -0.15) is 0 Å². The maximum atomic E-state index is 3.36. The normalized spacial score (nSPS) is 19.0. The Morgan fingerprint density at radius 2 is 1.80 bits per heavy atom. The molecule has 1 fully saturated rings. The van der Waals surface area contributed by atoms with Crippen molar-refractivity contribution < 1.29 is 0 Å². The van der Waals surface area contributed by atoms with E-state index in [9.17, 15) is 0 Å². The zero-order valence-electron chi connectivity index (χ0n) is 7.19. The van der Waals surface area contributed by atoms with Crippen molar-refractivity contribution in [3.8, 4) is 0 Å². The number of nitrogens with one attached hydrogen (secondary N) is 1. The summed E-state index contributed by atoms with van der Waals surface area (Å²) >= 11 is 0. The second kappa shape index (κ2) is 6.81. The third-order valence-electron chi connectivity index (χ3n) is 1.63. The van der Waals surface area contributed by atoms with Gasteiger partial charge in [0, 0.05) is 0 Å². The summed E-state index contributed by atoms with van der Waals surface area (Å²) in [7, 11) is 0.